The molecule has 24 heavy (non-hydrogen) atoms. The number of rotatable bonds is 8. The summed E-state index contributed by atoms with van der Waals surface area (Å²) in [5.41, 5.74) is 1.12. The minimum Gasteiger partial charge on any atom is -0.264 e. The molecule has 0 radical (unpaired) electrons. The van der Waals surface area contributed by atoms with Crippen molar-refractivity contribution in [1.29, 1.82) is 0 Å². The Morgan fingerprint density at radius 2 is 1.08 bits per heavy atom. The molecule has 0 spiro atoms. The number of nitrogens with zero attached hydrogens (tertiary/aromatic N) is 2. The smallest absolute Gasteiger partial charge is 0.264 e. The van der Waals surface area contributed by atoms with Gasteiger partial charge in [0.05, 0.1) is 23.1 Å². The molecule has 0 saturated heterocycles. The fourth-order valence-electron chi connectivity index (χ4n) is 1.69. The first-order valence-corrected chi connectivity index (χ1v) is 7.60. The molecule has 0 unspecified atom stereocenters. The average molecular weight is 352 g/mol. The topological polar surface area (TPSA) is 122 Å². The molecule has 2 rings (SSSR count). The zero-order chi connectivity index (χ0) is 17.5. The molecule has 0 atom stereocenters. The van der Waals surface area contributed by atoms with E-state index in [0.717, 1.165) is 0 Å². The van der Waals surface area contributed by atoms with Gasteiger partial charge in [0.2, 0.25) is 0 Å². The Bertz CT molecular complexity index is 683. The molecule has 0 bridgehead atoms. The van der Waals surface area contributed by atoms with Gasteiger partial charge in [-0.15, -0.1) is 0 Å². The quantitative estimate of drug-likeness (QED) is 0.529. The summed E-state index contributed by atoms with van der Waals surface area (Å²) >= 11 is -2.02. The minimum atomic E-state index is -2.02. The normalized spacial score (nSPS) is 10.7. The summed E-state index contributed by atoms with van der Waals surface area (Å²) < 4.78 is 21.6. The number of benzene rings is 2. The van der Waals surface area contributed by atoms with E-state index in [9.17, 15) is 24.4 Å². The highest BCUT2D eigenvalue weighted by Crippen LogP contribution is 2.15. The first-order valence-electron chi connectivity index (χ1n) is 6.60. The number of hydrogen-bond acceptors (Lipinski definition) is 7. The lowest BCUT2D eigenvalue weighted by atomic mass is 10.2. The first kappa shape index (κ1) is 17.7. The second kappa shape index (κ2) is 8.24. The second-order valence-corrected chi connectivity index (χ2v) is 5.46. The third-order valence-corrected chi connectivity index (χ3v) is 3.56. The van der Waals surface area contributed by atoms with Crippen LogP contribution in [0.25, 0.3) is 0 Å². The van der Waals surface area contributed by atoms with Crippen molar-refractivity contribution in [2.45, 2.75) is 13.2 Å². The summed E-state index contributed by atoms with van der Waals surface area (Å²) in [6, 6.07) is 11.2. The van der Waals surface area contributed by atoms with Crippen molar-refractivity contribution in [3.63, 3.8) is 0 Å². The van der Waals surface area contributed by atoms with Crippen molar-refractivity contribution in [1.82, 2.24) is 0 Å². The molecule has 10 heteroatoms. The van der Waals surface area contributed by atoms with Gasteiger partial charge in [-0.25, -0.2) is 0 Å². The fourth-order valence-corrected chi connectivity index (χ4v) is 2.23. The molecule has 0 heterocycles. The van der Waals surface area contributed by atoms with E-state index in [2.05, 4.69) is 0 Å². The summed E-state index contributed by atoms with van der Waals surface area (Å²) in [6.07, 6.45) is 0. The molecule has 2 aromatic rings. The maximum atomic E-state index is 11.6. The van der Waals surface area contributed by atoms with Crippen LogP contribution < -0.4 is 0 Å². The number of hydrogen-bond donors (Lipinski definition) is 0. The fraction of sp³-hybridized carbons (Fsp3) is 0.143. The highest BCUT2D eigenvalue weighted by Gasteiger charge is 2.08. The van der Waals surface area contributed by atoms with Crippen molar-refractivity contribution in [3.05, 3.63) is 79.9 Å². The van der Waals surface area contributed by atoms with Crippen LogP contribution in [0.4, 0.5) is 11.4 Å². The summed E-state index contributed by atoms with van der Waals surface area (Å²) in [5.74, 6) is 0. The minimum absolute atomic E-state index is 0.0368. The molecular formula is C14H12N2O7S. The summed E-state index contributed by atoms with van der Waals surface area (Å²) in [6.45, 7) is -0.0737. The molecule has 0 aliphatic carbocycles. The Kier molecular flexibility index (Phi) is 6.07. The molecule has 0 amide bonds. The van der Waals surface area contributed by atoms with E-state index < -0.39 is 21.2 Å². The van der Waals surface area contributed by atoms with Gasteiger partial charge in [-0.3, -0.25) is 28.6 Å². The van der Waals surface area contributed by atoms with Crippen LogP contribution >= 0.6 is 0 Å². The Labute approximate surface area is 139 Å². The Hall–Kier alpha value is -2.69. The molecule has 0 aromatic heterocycles. The first-order chi connectivity index (χ1) is 11.5. The van der Waals surface area contributed by atoms with Crippen LogP contribution in [0.2, 0.25) is 0 Å². The van der Waals surface area contributed by atoms with Crippen LogP contribution in [-0.2, 0) is 32.9 Å². The molecule has 126 valence electrons. The van der Waals surface area contributed by atoms with E-state index in [1.165, 1.54) is 48.5 Å². The molecule has 2 aromatic carbocycles. The van der Waals surface area contributed by atoms with Crippen LogP contribution in [0.5, 0.6) is 0 Å². The standard InChI is InChI=1S/C14H12N2O7S/c17-15(18)13-5-1-11(2-6-13)9-22-24(21)23-10-12-3-7-14(8-4-12)16(19)20/h1-8H,9-10H2. The van der Waals surface area contributed by atoms with Gasteiger partial charge in [-0.2, -0.15) is 4.21 Å². The van der Waals surface area contributed by atoms with Crippen molar-refractivity contribution in [3.8, 4) is 0 Å². The molecular weight excluding hydrogens is 340 g/mol. The Morgan fingerprint density at radius 1 is 0.750 bits per heavy atom. The maximum absolute atomic E-state index is 11.6. The van der Waals surface area contributed by atoms with Gasteiger partial charge in [-0.05, 0) is 35.4 Å². The van der Waals surface area contributed by atoms with Gasteiger partial charge in [0.25, 0.3) is 11.4 Å². The van der Waals surface area contributed by atoms with E-state index in [-0.39, 0.29) is 24.6 Å². The zero-order valence-corrected chi connectivity index (χ0v) is 13.0. The van der Waals surface area contributed by atoms with Gasteiger partial charge in [0.1, 0.15) is 0 Å². The van der Waals surface area contributed by atoms with Crippen molar-refractivity contribution >= 4 is 22.7 Å². The monoisotopic (exact) mass is 352 g/mol. The molecule has 0 fully saturated rings. The van der Waals surface area contributed by atoms with Gasteiger partial charge in [-0.1, -0.05) is 0 Å². The Balaban J connectivity index is 1.78. The van der Waals surface area contributed by atoms with E-state index in [1.54, 1.807) is 0 Å². The van der Waals surface area contributed by atoms with Crippen LogP contribution in [-0.4, -0.2) is 14.1 Å². The summed E-state index contributed by atoms with van der Waals surface area (Å²) in [4.78, 5) is 20.0. The number of nitro groups is 2. The Morgan fingerprint density at radius 3 is 1.38 bits per heavy atom. The molecule has 9 nitrogen and oxygen atoms in total. The molecule has 0 aliphatic rings. The lowest BCUT2D eigenvalue weighted by Crippen LogP contribution is -2.03. The van der Waals surface area contributed by atoms with Crippen molar-refractivity contribution in [2.24, 2.45) is 0 Å². The van der Waals surface area contributed by atoms with Crippen LogP contribution in [0.1, 0.15) is 11.1 Å². The van der Waals surface area contributed by atoms with E-state index >= 15 is 0 Å². The highest BCUT2D eigenvalue weighted by atomic mass is 32.2. The average Bonchev–Trinajstić information content (AvgIpc) is 2.58. The van der Waals surface area contributed by atoms with Gasteiger partial charge >= 0.3 is 11.4 Å². The third kappa shape index (κ3) is 5.19. The largest absolute Gasteiger partial charge is 0.305 e. The molecule has 0 saturated carbocycles. The molecule has 0 N–H and O–H groups in total. The van der Waals surface area contributed by atoms with Crippen LogP contribution in [0.3, 0.4) is 0 Å². The van der Waals surface area contributed by atoms with E-state index in [4.69, 9.17) is 8.37 Å². The zero-order valence-electron chi connectivity index (χ0n) is 12.2. The lowest BCUT2D eigenvalue weighted by molar-refractivity contribution is -0.385. The maximum Gasteiger partial charge on any atom is 0.305 e. The number of non-ortho nitro benzene ring substituents is 2. The van der Waals surface area contributed by atoms with Crippen LogP contribution in [0.15, 0.2) is 48.5 Å². The van der Waals surface area contributed by atoms with E-state index in [0.29, 0.717) is 11.1 Å². The third-order valence-electron chi connectivity index (χ3n) is 2.94. The van der Waals surface area contributed by atoms with Gasteiger partial charge in [0, 0.05) is 24.3 Å². The lowest BCUT2D eigenvalue weighted by Gasteiger charge is -2.04. The molecule has 0 aliphatic heterocycles. The predicted molar refractivity (Wildman–Crippen MR) is 83.9 cm³/mol. The predicted octanol–water partition coefficient (Wildman–Crippen LogP) is 2.82. The number of nitro benzene ring substituents is 2. The summed E-state index contributed by atoms with van der Waals surface area (Å²) in [5, 5.41) is 21.0. The van der Waals surface area contributed by atoms with Gasteiger partial charge in [0.15, 0.2) is 0 Å². The van der Waals surface area contributed by atoms with E-state index in [1.807, 2.05) is 0 Å². The van der Waals surface area contributed by atoms with Gasteiger partial charge < -0.3 is 0 Å². The SMILES string of the molecule is O=[N+]([O-])c1ccc(COS(=O)OCc2ccc([N+](=O)[O-])cc2)cc1. The van der Waals surface area contributed by atoms with Crippen molar-refractivity contribution < 1.29 is 22.4 Å². The second-order valence-electron chi connectivity index (χ2n) is 4.58. The highest BCUT2D eigenvalue weighted by molar-refractivity contribution is 7.75. The van der Waals surface area contributed by atoms with Crippen molar-refractivity contribution in [2.75, 3.05) is 0 Å². The summed E-state index contributed by atoms with van der Waals surface area (Å²) in [7, 11) is 0. The van der Waals surface area contributed by atoms with Crippen LogP contribution in [0, 0.1) is 20.2 Å².